The van der Waals surface area contributed by atoms with Crippen molar-refractivity contribution in [2.24, 2.45) is 5.73 Å². The fraction of sp³-hybridized carbons (Fsp3) is 0.611. The van der Waals surface area contributed by atoms with Gasteiger partial charge in [0.1, 0.15) is 0 Å². The molecule has 118 valence electrons. The number of aryl methyl sites for hydroxylation is 1. The molecule has 0 heterocycles. The third-order valence-electron chi connectivity index (χ3n) is 3.85. The fourth-order valence-electron chi connectivity index (χ4n) is 2.41. The van der Waals surface area contributed by atoms with Gasteiger partial charge in [-0.25, -0.2) is 0 Å². The molecule has 3 heteroatoms. The van der Waals surface area contributed by atoms with Gasteiger partial charge in [-0.15, -0.1) is 0 Å². The first-order valence-electron chi connectivity index (χ1n) is 8.08. The maximum atomic E-state index is 11.0. The van der Waals surface area contributed by atoms with Crippen molar-refractivity contribution in [1.82, 2.24) is 0 Å². The Balaban J connectivity index is 2.31. The first-order valence-corrected chi connectivity index (χ1v) is 8.08. The molecule has 0 aliphatic carbocycles. The molecule has 0 fully saturated rings. The van der Waals surface area contributed by atoms with Crippen molar-refractivity contribution in [3.8, 4) is 0 Å². The Morgan fingerprint density at radius 2 is 1.86 bits per heavy atom. The minimum Gasteiger partial charge on any atom is -0.469 e. The highest BCUT2D eigenvalue weighted by Gasteiger charge is 2.05. The summed E-state index contributed by atoms with van der Waals surface area (Å²) in [6.45, 7) is 2.21. The first-order chi connectivity index (χ1) is 10.2. The van der Waals surface area contributed by atoms with Gasteiger partial charge in [0, 0.05) is 12.5 Å². The second-order valence-corrected chi connectivity index (χ2v) is 5.63. The van der Waals surface area contributed by atoms with Gasteiger partial charge in [0.15, 0.2) is 0 Å². The highest BCUT2D eigenvalue weighted by atomic mass is 16.5. The van der Waals surface area contributed by atoms with Gasteiger partial charge in [-0.2, -0.15) is 0 Å². The standard InChI is InChI=1S/C18H29NO2/c1-3-4-5-9-17(19)16-13-11-15(12-14-16)8-6-7-10-18(20)21-2/h11-14,17H,3-10,19H2,1-2H3. The number of rotatable bonds is 10. The lowest BCUT2D eigenvalue weighted by atomic mass is 9.98. The number of hydrogen-bond acceptors (Lipinski definition) is 3. The third-order valence-corrected chi connectivity index (χ3v) is 3.85. The molecule has 0 aliphatic heterocycles. The maximum Gasteiger partial charge on any atom is 0.305 e. The van der Waals surface area contributed by atoms with Crippen molar-refractivity contribution in [2.75, 3.05) is 7.11 Å². The number of unbranched alkanes of at least 4 members (excludes halogenated alkanes) is 3. The van der Waals surface area contributed by atoms with E-state index in [1.165, 1.54) is 37.5 Å². The molecule has 0 spiro atoms. The molecule has 3 nitrogen and oxygen atoms in total. The van der Waals surface area contributed by atoms with E-state index < -0.39 is 0 Å². The lowest BCUT2D eigenvalue weighted by Gasteiger charge is -2.12. The molecule has 0 radical (unpaired) electrons. The first kappa shape index (κ1) is 17.7. The Hall–Kier alpha value is -1.35. The zero-order valence-electron chi connectivity index (χ0n) is 13.4. The highest BCUT2D eigenvalue weighted by molar-refractivity contribution is 5.68. The van der Waals surface area contributed by atoms with Crippen LogP contribution in [0.5, 0.6) is 0 Å². The zero-order valence-corrected chi connectivity index (χ0v) is 13.4. The average Bonchev–Trinajstić information content (AvgIpc) is 2.52. The van der Waals surface area contributed by atoms with E-state index in [4.69, 9.17) is 5.73 Å². The number of carbonyl (C=O) groups excluding carboxylic acids is 1. The van der Waals surface area contributed by atoms with Crippen molar-refractivity contribution in [2.45, 2.75) is 64.3 Å². The predicted octanol–water partition coefficient (Wildman–Crippen LogP) is 4.15. The molecule has 0 saturated carbocycles. The monoisotopic (exact) mass is 291 g/mol. The molecule has 1 unspecified atom stereocenters. The van der Waals surface area contributed by atoms with Crippen LogP contribution in [0.25, 0.3) is 0 Å². The van der Waals surface area contributed by atoms with Gasteiger partial charge in [0.05, 0.1) is 7.11 Å². The van der Waals surface area contributed by atoms with E-state index in [2.05, 4.69) is 35.9 Å². The predicted molar refractivity (Wildman–Crippen MR) is 87.1 cm³/mol. The zero-order chi connectivity index (χ0) is 15.5. The summed E-state index contributed by atoms with van der Waals surface area (Å²) in [5.41, 5.74) is 8.74. The largest absolute Gasteiger partial charge is 0.469 e. The summed E-state index contributed by atoms with van der Waals surface area (Å²) in [6, 6.07) is 8.77. The van der Waals surface area contributed by atoms with Gasteiger partial charge in [0.25, 0.3) is 0 Å². The van der Waals surface area contributed by atoms with Crippen LogP contribution in [0.1, 0.15) is 69.0 Å². The Bertz CT molecular complexity index is 400. The normalized spacial score (nSPS) is 12.1. The van der Waals surface area contributed by atoms with E-state index >= 15 is 0 Å². The Kier molecular flexibility index (Phi) is 8.76. The van der Waals surface area contributed by atoms with Crippen LogP contribution in [0.4, 0.5) is 0 Å². The molecular formula is C18H29NO2. The molecule has 21 heavy (non-hydrogen) atoms. The molecule has 1 aromatic rings. The smallest absolute Gasteiger partial charge is 0.305 e. The molecule has 0 amide bonds. The number of benzene rings is 1. The SMILES string of the molecule is CCCCCC(N)c1ccc(CCCCC(=O)OC)cc1. The van der Waals surface area contributed by atoms with Gasteiger partial charge >= 0.3 is 5.97 Å². The van der Waals surface area contributed by atoms with Crippen molar-refractivity contribution in [3.63, 3.8) is 0 Å². The molecule has 1 atom stereocenters. The summed E-state index contributed by atoms with van der Waals surface area (Å²) in [5, 5.41) is 0. The minimum absolute atomic E-state index is 0.122. The number of ether oxygens (including phenoxy) is 1. The molecule has 0 saturated heterocycles. The molecule has 0 bridgehead atoms. The second-order valence-electron chi connectivity index (χ2n) is 5.63. The molecule has 1 rings (SSSR count). The fourth-order valence-corrected chi connectivity index (χ4v) is 2.41. The van der Waals surface area contributed by atoms with Gasteiger partial charge in [0.2, 0.25) is 0 Å². The number of hydrogen-bond donors (Lipinski definition) is 1. The van der Waals surface area contributed by atoms with E-state index in [1.54, 1.807) is 0 Å². The van der Waals surface area contributed by atoms with Gasteiger partial charge in [-0.1, -0.05) is 50.5 Å². The number of carbonyl (C=O) groups is 1. The summed E-state index contributed by atoms with van der Waals surface area (Å²) < 4.78 is 4.63. The average molecular weight is 291 g/mol. The maximum absolute atomic E-state index is 11.0. The van der Waals surface area contributed by atoms with E-state index in [-0.39, 0.29) is 12.0 Å². The number of esters is 1. The summed E-state index contributed by atoms with van der Waals surface area (Å²) in [5.74, 6) is -0.122. The van der Waals surface area contributed by atoms with E-state index in [1.807, 2.05) is 0 Å². The van der Waals surface area contributed by atoms with Crippen molar-refractivity contribution >= 4 is 5.97 Å². The highest BCUT2D eigenvalue weighted by Crippen LogP contribution is 2.18. The molecule has 0 aliphatic rings. The van der Waals surface area contributed by atoms with Crippen molar-refractivity contribution in [1.29, 1.82) is 0 Å². The van der Waals surface area contributed by atoms with Crippen molar-refractivity contribution < 1.29 is 9.53 Å². The molecular weight excluding hydrogens is 262 g/mol. The second kappa shape index (κ2) is 10.4. The number of methoxy groups -OCH3 is 1. The van der Waals surface area contributed by atoms with Gasteiger partial charge in [-0.05, 0) is 36.8 Å². The Labute approximate surface area is 128 Å². The van der Waals surface area contributed by atoms with Crippen LogP contribution < -0.4 is 5.73 Å². The lowest BCUT2D eigenvalue weighted by molar-refractivity contribution is -0.140. The lowest BCUT2D eigenvalue weighted by Crippen LogP contribution is -2.10. The van der Waals surface area contributed by atoms with Crippen LogP contribution in [-0.4, -0.2) is 13.1 Å². The van der Waals surface area contributed by atoms with Crippen LogP contribution in [0.15, 0.2) is 24.3 Å². The molecule has 2 N–H and O–H groups in total. The summed E-state index contributed by atoms with van der Waals surface area (Å²) in [6.07, 6.45) is 8.16. The van der Waals surface area contributed by atoms with Crippen LogP contribution in [0, 0.1) is 0 Å². The van der Waals surface area contributed by atoms with Gasteiger partial charge < -0.3 is 10.5 Å². The van der Waals surface area contributed by atoms with Crippen molar-refractivity contribution in [3.05, 3.63) is 35.4 Å². The third kappa shape index (κ3) is 7.28. The topological polar surface area (TPSA) is 52.3 Å². The summed E-state index contributed by atoms with van der Waals surface area (Å²) in [7, 11) is 1.44. The number of nitrogens with two attached hydrogens (primary N) is 1. The van der Waals surface area contributed by atoms with E-state index in [0.29, 0.717) is 6.42 Å². The van der Waals surface area contributed by atoms with Crippen LogP contribution in [0.3, 0.4) is 0 Å². The Morgan fingerprint density at radius 1 is 1.14 bits per heavy atom. The van der Waals surface area contributed by atoms with E-state index in [0.717, 1.165) is 25.7 Å². The van der Waals surface area contributed by atoms with Gasteiger partial charge in [-0.3, -0.25) is 4.79 Å². The van der Waals surface area contributed by atoms with Crippen LogP contribution in [0.2, 0.25) is 0 Å². The van der Waals surface area contributed by atoms with Crippen LogP contribution >= 0.6 is 0 Å². The molecule has 1 aromatic carbocycles. The Morgan fingerprint density at radius 3 is 2.48 bits per heavy atom. The minimum atomic E-state index is -0.122. The molecule has 0 aromatic heterocycles. The summed E-state index contributed by atoms with van der Waals surface area (Å²) in [4.78, 5) is 11.0. The summed E-state index contributed by atoms with van der Waals surface area (Å²) >= 11 is 0. The van der Waals surface area contributed by atoms with Crippen LogP contribution in [-0.2, 0) is 16.0 Å². The quantitative estimate of drug-likeness (QED) is 0.520. The van der Waals surface area contributed by atoms with E-state index in [9.17, 15) is 4.79 Å².